The van der Waals surface area contributed by atoms with Gasteiger partial charge in [0.25, 0.3) is 0 Å². The molecule has 1 saturated heterocycles. The Hall–Kier alpha value is -0.640. The van der Waals surface area contributed by atoms with E-state index in [1.165, 1.54) is 44.6 Å². The van der Waals surface area contributed by atoms with Crippen molar-refractivity contribution in [3.05, 3.63) is 34.6 Å². The van der Waals surface area contributed by atoms with Crippen molar-refractivity contribution in [1.82, 2.24) is 4.90 Å². The Labute approximate surface area is 131 Å². The van der Waals surface area contributed by atoms with Gasteiger partial charge in [0.2, 0.25) is 0 Å². The van der Waals surface area contributed by atoms with Crippen molar-refractivity contribution < 1.29 is 4.39 Å². The molecule has 1 saturated carbocycles. The standard InChI is InChI=1S/C17H24ClFN2/c18-13-4-3-5-14(19)16(13)15(12-20)21-10-8-17(9-11-21)6-1-2-7-17/h3-5,15H,1-2,6-12,20H2. The van der Waals surface area contributed by atoms with E-state index in [4.69, 9.17) is 17.3 Å². The quantitative estimate of drug-likeness (QED) is 0.909. The fourth-order valence-electron chi connectivity index (χ4n) is 4.21. The van der Waals surface area contributed by atoms with Crippen molar-refractivity contribution in [2.75, 3.05) is 19.6 Å². The van der Waals surface area contributed by atoms with Gasteiger partial charge in [-0.05, 0) is 56.3 Å². The van der Waals surface area contributed by atoms with Crippen molar-refractivity contribution in [1.29, 1.82) is 0 Å². The molecule has 0 aromatic heterocycles. The van der Waals surface area contributed by atoms with Crippen LogP contribution in [0.2, 0.25) is 5.02 Å². The lowest BCUT2D eigenvalue weighted by molar-refractivity contribution is 0.0768. The topological polar surface area (TPSA) is 29.3 Å². The third-order valence-electron chi connectivity index (χ3n) is 5.52. The number of hydrogen-bond donors (Lipinski definition) is 1. The van der Waals surface area contributed by atoms with Crippen molar-refractivity contribution in [2.45, 2.75) is 44.6 Å². The Morgan fingerprint density at radius 2 is 1.86 bits per heavy atom. The number of piperidine rings is 1. The first kappa shape index (κ1) is 15.3. The zero-order chi connectivity index (χ0) is 14.9. The first-order valence-corrected chi connectivity index (χ1v) is 8.41. The molecule has 2 N–H and O–H groups in total. The maximum absolute atomic E-state index is 14.2. The minimum absolute atomic E-state index is 0.0996. The van der Waals surface area contributed by atoms with Gasteiger partial charge in [-0.25, -0.2) is 4.39 Å². The summed E-state index contributed by atoms with van der Waals surface area (Å²) in [6, 6.07) is 4.79. The Bertz CT molecular complexity index is 469. The molecular weight excluding hydrogens is 287 g/mol. The minimum Gasteiger partial charge on any atom is -0.329 e. The molecule has 0 bridgehead atoms. The second-order valence-corrected chi connectivity index (χ2v) is 7.04. The Kier molecular flexibility index (Phi) is 4.53. The van der Waals surface area contributed by atoms with Crippen LogP contribution in [0.25, 0.3) is 0 Å². The molecule has 116 valence electrons. The average molecular weight is 311 g/mol. The van der Waals surface area contributed by atoms with Gasteiger partial charge in [0.05, 0.1) is 6.04 Å². The number of nitrogens with two attached hydrogens (primary N) is 1. The summed E-state index contributed by atoms with van der Waals surface area (Å²) in [6.07, 6.45) is 7.92. The molecule has 3 rings (SSSR count). The van der Waals surface area contributed by atoms with Crippen LogP contribution in [0.15, 0.2) is 18.2 Å². The molecule has 1 unspecified atom stereocenters. The number of benzene rings is 1. The molecule has 2 nitrogen and oxygen atoms in total. The van der Waals surface area contributed by atoms with Crippen LogP contribution in [0.4, 0.5) is 4.39 Å². The van der Waals surface area contributed by atoms with Gasteiger partial charge in [-0.2, -0.15) is 0 Å². The molecule has 4 heteroatoms. The van der Waals surface area contributed by atoms with Crippen LogP contribution in [0.3, 0.4) is 0 Å². The lowest BCUT2D eigenvalue weighted by Crippen LogP contribution is -2.43. The van der Waals surface area contributed by atoms with Crippen molar-refractivity contribution in [3.63, 3.8) is 0 Å². The van der Waals surface area contributed by atoms with Gasteiger partial charge >= 0.3 is 0 Å². The van der Waals surface area contributed by atoms with Crippen LogP contribution in [0, 0.1) is 11.2 Å². The molecule has 2 fully saturated rings. The van der Waals surface area contributed by atoms with Crippen molar-refractivity contribution >= 4 is 11.6 Å². The monoisotopic (exact) mass is 310 g/mol. The molecule has 0 radical (unpaired) electrons. The van der Waals surface area contributed by atoms with E-state index in [2.05, 4.69) is 4.90 Å². The number of halogens is 2. The highest BCUT2D eigenvalue weighted by Crippen LogP contribution is 2.47. The third kappa shape index (κ3) is 2.96. The number of likely N-dealkylation sites (tertiary alicyclic amines) is 1. The summed E-state index contributed by atoms with van der Waals surface area (Å²) in [5, 5.41) is 0.492. The molecular formula is C17H24ClFN2. The van der Waals surface area contributed by atoms with Crippen LogP contribution in [-0.4, -0.2) is 24.5 Å². The second-order valence-electron chi connectivity index (χ2n) is 6.63. The van der Waals surface area contributed by atoms with Gasteiger partial charge < -0.3 is 5.73 Å². The highest BCUT2D eigenvalue weighted by atomic mass is 35.5. The fraction of sp³-hybridized carbons (Fsp3) is 0.647. The summed E-state index contributed by atoms with van der Waals surface area (Å²) in [4.78, 5) is 2.33. The zero-order valence-corrected chi connectivity index (χ0v) is 13.2. The molecule has 1 aromatic rings. The summed E-state index contributed by atoms with van der Waals surface area (Å²) >= 11 is 6.22. The predicted molar refractivity (Wildman–Crippen MR) is 84.9 cm³/mol. The van der Waals surface area contributed by atoms with E-state index < -0.39 is 0 Å². The molecule has 1 aliphatic carbocycles. The second kappa shape index (κ2) is 6.23. The third-order valence-corrected chi connectivity index (χ3v) is 5.85. The molecule has 1 aromatic carbocycles. The number of nitrogens with zero attached hydrogens (tertiary/aromatic N) is 1. The lowest BCUT2D eigenvalue weighted by Gasteiger charge is -2.42. The van der Waals surface area contributed by atoms with Crippen molar-refractivity contribution in [2.24, 2.45) is 11.1 Å². The van der Waals surface area contributed by atoms with Gasteiger partial charge in [-0.15, -0.1) is 0 Å². The van der Waals surface area contributed by atoms with E-state index in [9.17, 15) is 4.39 Å². The van der Waals surface area contributed by atoms with Crippen LogP contribution >= 0.6 is 11.6 Å². The number of hydrogen-bond acceptors (Lipinski definition) is 2. The first-order chi connectivity index (χ1) is 10.2. The molecule has 21 heavy (non-hydrogen) atoms. The van der Waals surface area contributed by atoms with Crippen LogP contribution < -0.4 is 5.73 Å². The van der Waals surface area contributed by atoms with Gasteiger partial charge in [-0.1, -0.05) is 30.5 Å². The van der Waals surface area contributed by atoms with Crippen LogP contribution in [-0.2, 0) is 0 Å². The molecule has 2 aliphatic rings. The Morgan fingerprint density at radius 3 is 2.43 bits per heavy atom. The highest BCUT2D eigenvalue weighted by Gasteiger charge is 2.38. The fourth-order valence-corrected chi connectivity index (χ4v) is 4.50. The number of rotatable bonds is 3. The summed E-state index contributed by atoms with van der Waals surface area (Å²) in [5.41, 5.74) is 7.09. The minimum atomic E-state index is -0.237. The SMILES string of the molecule is NCC(c1c(F)cccc1Cl)N1CCC2(CCCC2)CC1. The molecule has 1 atom stereocenters. The summed E-state index contributed by atoms with van der Waals surface area (Å²) in [5.74, 6) is -0.237. The van der Waals surface area contributed by atoms with E-state index in [0.29, 0.717) is 22.5 Å². The van der Waals surface area contributed by atoms with Gasteiger partial charge in [0, 0.05) is 17.1 Å². The van der Waals surface area contributed by atoms with E-state index in [1.54, 1.807) is 12.1 Å². The summed E-state index contributed by atoms with van der Waals surface area (Å²) < 4.78 is 14.2. The molecule has 0 amide bonds. The van der Waals surface area contributed by atoms with Gasteiger partial charge in [-0.3, -0.25) is 4.90 Å². The predicted octanol–water partition coefficient (Wildman–Crippen LogP) is 4.14. The van der Waals surface area contributed by atoms with Crippen LogP contribution in [0.1, 0.15) is 50.1 Å². The largest absolute Gasteiger partial charge is 0.329 e. The Morgan fingerprint density at radius 1 is 1.19 bits per heavy atom. The van der Waals surface area contributed by atoms with Crippen LogP contribution in [0.5, 0.6) is 0 Å². The highest BCUT2D eigenvalue weighted by molar-refractivity contribution is 6.31. The molecule has 1 heterocycles. The van der Waals surface area contributed by atoms with E-state index in [-0.39, 0.29) is 11.9 Å². The Balaban J connectivity index is 1.76. The summed E-state index contributed by atoms with van der Waals surface area (Å²) in [6.45, 7) is 2.42. The molecule has 1 aliphatic heterocycles. The maximum atomic E-state index is 14.2. The van der Waals surface area contributed by atoms with Gasteiger partial charge in [0.1, 0.15) is 5.82 Å². The molecule has 1 spiro atoms. The first-order valence-electron chi connectivity index (χ1n) is 8.03. The normalized spacial score (nSPS) is 23.6. The smallest absolute Gasteiger partial charge is 0.129 e. The summed E-state index contributed by atoms with van der Waals surface area (Å²) in [7, 11) is 0. The average Bonchev–Trinajstić information content (AvgIpc) is 2.93. The van der Waals surface area contributed by atoms with E-state index >= 15 is 0 Å². The van der Waals surface area contributed by atoms with E-state index in [0.717, 1.165) is 13.1 Å². The lowest BCUT2D eigenvalue weighted by atomic mass is 9.76. The van der Waals surface area contributed by atoms with Gasteiger partial charge in [0.15, 0.2) is 0 Å². The van der Waals surface area contributed by atoms with E-state index in [1.807, 2.05) is 0 Å². The zero-order valence-electron chi connectivity index (χ0n) is 12.5. The maximum Gasteiger partial charge on any atom is 0.129 e. The van der Waals surface area contributed by atoms with Crippen molar-refractivity contribution in [3.8, 4) is 0 Å².